The number of carbonyl (C=O) groups is 3. The van der Waals surface area contributed by atoms with E-state index in [0.717, 1.165) is 64.2 Å². The first-order valence-electron chi connectivity index (χ1n) is 36.8. The Labute approximate surface area is 506 Å². The smallest absolute Gasteiger partial charge is 0.306 e. The van der Waals surface area contributed by atoms with Crippen molar-refractivity contribution in [2.24, 2.45) is 0 Å². The van der Waals surface area contributed by atoms with Crippen molar-refractivity contribution in [1.29, 1.82) is 0 Å². The van der Waals surface area contributed by atoms with Gasteiger partial charge in [-0.15, -0.1) is 0 Å². The van der Waals surface area contributed by atoms with Crippen LogP contribution in [0, 0.1) is 0 Å². The molecule has 0 aromatic heterocycles. The van der Waals surface area contributed by atoms with Crippen LogP contribution in [0.3, 0.4) is 0 Å². The first kappa shape index (κ1) is 78.9. The first-order valence-corrected chi connectivity index (χ1v) is 36.8. The fourth-order valence-corrected chi connectivity index (χ4v) is 11.4. The number of hydrogen-bond donors (Lipinski definition) is 0. The van der Waals surface area contributed by atoms with E-state index in [1.807, 2.05) is 0 Å². The van der Waals surface area contributed by atoms with Gasteiger partial charge in [0.1, 0.15) is 13.2 Å². The SMILES string of the molecule is CCCCCCC/C=C\C/C=C\CCCCCCCCCCCCCCCCCCCC(=O)OCC(COC(=O)CCCCCCCCCCCCCC)OC(=O)CCCCCCCCCCCCCCCCCCCCCCCC. The van der Waals surface area contributed by atoms with Crippen LogP contribution in [0.4, 0.5) is 0 Å². The Hall–Kier alpha value is -2.11. The average Bonchev–Trinajstić information content (AvgIpc) is 3.47. The first-order chi connectivity index (χ1) is 40.0. The highest BCUT2D eigenvalue weighted by molar-refractivity contribution is 5.71. The summed E-state index contributed by atoms with van der Waals surface area (Å²) in [5.74, 6) is -0.828. The molecule has 81 heavy (non-hydrogen) atoms. The number of hydrogen-bond acceptors (Lipinski definition) is 6. The van der Waals surface area contributed by atoms with Gasteiger partial charge in [-0.3, -0.25) is 14.4 Å². The Kier molecular flexibility index (Phi) is 68.5. The molecule has 0 N–H and O–H groups in total. The van der Waals surface area contributed by atoms with Crippen molar-refractivity contribution in [3.63, 3.8) is 0 Å². The van der Waals surface area contributed by atoms with Gasteiger partial charge in [-0.1, -0.05) is 373 Å². The second-order valence-electron chi connectivity index (χ2n) is 25.2. The van der Waals surface area contributed by atoms with Gasteiger partial charge in [0, 0.05) is 19.3 Å². The molecule has 0 amide bonds. The summed E-state index contributed by atoms with van der Waals surface area (Å²) in [5.41, 5.74) is 0. The van der Waals surface area contributed by atoms with Crippen molar-refractivity contribution in [1.82, 2.24) is 0 Å². The van der Waals surface area contributed by atoms with Crippen LogP contribution in [0.2, 0.25) is 0 Å². The van der Waals surface area contributed by atoms with Gasteiger partial charge in [-0.2, -0.15) is 0 Å². The number of unbranched alkanes of at least 4 members (excludes halogenated alkanes) is 54. The maximum atomic E-state index is 13.0. The van der Waals surface area contributed by atoms with E-state index < -0.39 is 6.10 Å². The van der Waals surface area contributed by atoms with E-state index in [0.29, 0.717) is 19.3 Å². The maximum Gasteiger partial charge on any atom is 0.306 e. The molecule has 6 nitrogen and oxygen atoms in total. The van der Waals surface area contributed by atoms with E-state index in [1.54, 1.807) is 0 Å². The van der Waals surface area contributed by atoms with E-state index in [9.17, 15) is 14.4 Å². The third kappa shape index (κ3) is 68.6. The fourth-order valence-electron chi connectivity index (χ4n) is 11.4. The molecule has 0 heterocycles. The van der Waals surface area contributed by atoms with Gasteiger partial charge in [0.2, 0.25) is 0 Å². The third-order valence-corrected chi connectivity index (χ3v) is 17.0. The summed E-state index contributed by atoms with van der Waals surface area (Å²) in [4.78, 5) is 38.4. The van der Waals surface area contributed by atoms with Gasteiger partial charge < -0.3 is 14.2 Å². The van der Waals surface area contributed by atoms with Gasteiger partial charge in [0.15, 0.2) is 6.10 Å². The molecule has 0 aliphatic heterocycles. The Morgan fingerprint density at radius 2 is 0.444 bits per heavy atom. The molecule has 0 saturated carbocycles. The molecule has 0 aromatic carbocycles. The zero-order valence-electron chi connectivity index (χ0n) is 55.1. The van der Waals surface area contributed by atoms with E-state index in [4.69, 9.17) is 14.2 Å². The minimum absolute atomic E-state index is 0.0632. The Morgan fingerprint density at radius 3 is 0.679 bits per heavy atom. The summed E-state index contributed by atoms with van der Waals surface area (Å²) in [5, 5.41) is 0. The number of carbonyl (C=O) groups excluding carboxylic acids is 3. The summed E-state index contributed by atoms with van der Waals surface area (Å²) >= 11 is 0. The standard InChI is InChI=1S/C75H142O6/c1-4-7-10-13-16-19-22-25-27-29-31-33-35-36-37-38-39-40-41-43-44-46-48-50-53-56-59-62-65-68-74(77)80-71-72(70-79-73(76)67-64-61-58-55-52-24-21-18-15-12-9-6-3)81-75(78)69-66-63-60-57-54-51-49-47-45-42-34-32-30-28-26-23-20-17-14-11-8-5-2/h22,25,29,31,72H,4-21,23-24,26-28,30,32-71H2,1-3H3/b25-22-,31-29-. The summed E-state index contributed by atoms with van der Waals surface area (Å²) in [6.45, 7) is 6.71. The van der Waals surface area contributed by atoms with Gasteiger partial charge in [-0.25, -0.2) is 0 Å². The molecule has 478 valence electrons. The fraction of sp³-hybridized carbons (Fsp3) is 0.907. The zero-order chi connectivity index (χ0) is 58.5. The van der Waals surface area contributed by atoms with Crippen LogP contribution in [-0.2, 0) is 28.6 Å². The Bertz CT molecular complexity index is 1310. The molecule has 0 aromatic rings. The van der Waals surface area contributed by atoms with Gasteiger partial charge >= 0.3 is 17.9 Å². The van der Waals surface area contributed by atoms with Crippen LogP contribution >= 0.6 is 0 Å². The number of allylic oxidation sites excluding steroid dienone is 4. The molecule has 0 aliphatic rings. The second-order valence-corrected chi connectivity index (χ2v) is 25.2. The molecule has 6 heteroatoms. The van der Waals surface area contributed by atoms with Crippen molar-refractivity contribution in [3.05, 3.63) is 24.3 Å². The normalized spacial score (nSPS) is 12.1. The highest BCUT2D eigenvalue weighted by Gasteiger charge is 2.20. The number of esters is 3. The van der Waals surface area contributed by atoms with Crippen LogP contribution in [0.15, 0.2) is 24.3 Å². The molecular weight excluding hydrogens is 997 g/mol. The number of ether oxygens (including phenoxy) is 3. The van der Waals surface area contributed by atoms with Gasteiger partial charge in [0.05, 0.1) is 0 Å². The summed E-state index contributed by atoms with van der Waals surface area (Å²) in [6.07, 6.45) is 86.5. The zero-order valence-corrected chi connectivity index (χ0v) is 55.1. The molecule has 0 radical (unpaired) electrons. The van der Waals surface area contributed by atoms with Crippen molar-refractivity contribution in [2.45, 2.75) is 425 Å². The Morgan fingerprint density at radius 1 is 0.247 bits per heavy atom. The highest BCUT2D eigenvalue weighted by Crippen LogP contribution is 2.19. The summed E-state index contributed by atoms with van der Waals surface area (Å²) in [6, 6.07) is 0. The van der Waals surface area contributed by atoms with Crippen molar-refractivity contribution >= 4 is 17.9 Å². The Balaban J connectivity index is 4.15. The molecule has 0 spiro atoms. The van der Waals surface area contributed by atoms with E-state index in [2.05, 4.69) is 45.1 Å². The lowest BCUT2D eigenvalue weighted by molar-refractivity contribution is -0.167. The quantitative estimate of drug-likeness (QED) is 0.0261. The molecule has 0 rings (SSSR count). The summed E-state index contributed by atoms with van der Waals surface area (Å²) in [7, 11) is 0. The van der Waals surface area contributed by atoms with Crippen molar-refractivity contribution in [3.8, 4) is 0 Å². The minimum Gasteiger partial charge on any atom is -0.462 e. The maximum absolute atomic E-state index is 13.0. The molecule has 1 unspecified atom stereocenters. The molecular formula is C75H142O6. The monoisotopic (exact) mass is 1140 g/mol. The lowest BCUT2D eigenvalue weighted by atomic mass is 10.0. The molecule has 0 bridgehead atoms. The van der Waals surface area contributed by atoms with Crippen molar-refractivity contribution in [2.75, 3.05) is 13.2 Å². The predicted molar refractivity (Wildman–Crippen MR) is 353 cm³/mol. The largest absolute Gasteiger partial charge is 0.462 e. The molecule has 0 aliphatic carbocycles. The van der Waals surface area contributed by atoms with Crippen LogP contribution in [0.5, 0.6) is 0 Å². The van der Waals surface area contributed by atoms with Crippen LogP contribution in [0.25, 0.3) is 0 Å². The molecule has 0 fully saturated rings. The minimum atomic E-state index is -0.766. The molecule has 0 saturated heterocycles. The topological polar surface area (TPSA) is 78.9 Å². The van der Waals surface area contributed by atoms with Crippen LogP contribution < -0.4 is 0 Å². The van der Waals surface area contributed by atoms with E-state index in [1.165, 1.54) is 315 Å². The third-order valence-electron chi connectivity index (χ3n) is 17.0. The van der Waals surface area contributed by atoms with E-state index >= 15 is 0 Å². The second kappa shape index (κ2) is 70.4. The van der Waals surface area contributed by atoms with Crippen LogP contribution in [-0.4, -0.2) is 37.2 Å². The summed E-state index contributed by atoms with van der Waals surface area (Å²) < 4.78 is 17.0. The lowest BCUT2D eigenvalue weighted by Crippen LogP contribution is -2.30. The van der Waals surface area contributed by atoms with Gasteiger partial charge in [0.25, 0.3) is 0 Å². The van der Waals surface area contributed by atoms with Crippen molar-refractivity contribution < 1.29 is 28.6 Å². The molecule has 1 atom stereocenters. The predicted octanol–water partition coefficient (Wildman–Crippen LogP) is 25.3. The van der Waals surface area contributed by atoms with Crippen LogP contribution in [0.1, 0.15) is 419 Å². The van der Waals surface area contributed by atoms with Gasteiger partial charge in [-0.05, 0) is 51.4 Å². The lowest BCUT2D eigenvalue weighted by Gasteiger charge is -2.18. The number of rotatable bonds is 69. The van der Waals surface area contributed by atoms with E-state index in [-0.39, 0.29) is 31.1 Å². The highest BCUT2D eigenvalue weighted by atomic mass is 16.6. The average molecular weight is 1140 g/mol.